The number of rotatable bonds is 6. The van der Waals surface area contributed by atoms with Crippen LogP contribution in [0.5, 0.6) is 0 Å². The predicted molar refractivity (Wildman–Crippen MR) is 106 cm³/mol. The van der Waals surface area contributed by atoms with E-state index in [9.17, 15) is 14.7 Å². The number of amides is 2. The van der Waals surface area contributed by atoms with Crippen LogP contribution in [0.2, 0.25) is 0 Å². The normalized spacial score (nSPS) is 32.6. The zero-order valence-electron chi connectivity index (χ0n) is 17.2. The third-order valence-electron chi connectivity index (χ3n) is 6.96. The van der Waals surface area contributed by atoms with Gasteiger partial charge in [-0.2, -0.15) is 0 Å². The van der Waals surface area contributed by atoms with Crippen LogP contribution in [0, 0.1) is 0 Å². The van der Waals surface area contributed by atoms with Crippen molar-refractivity contribution in [1.29, 1.82) is 0 Å². The molecule has 2 amide bonds. The Kier molecular flexibility index (Phi) is 6.73. The van der Waals surface area contributed by atoms with E-state index in [2.05, 4.69) is 10.6 Å². The summed E-state index contributed by atoms with van der Waals surface area (Å²) in [7, 11) is 0. The lowest BCUT2D eigenvalue weighted by atomic mass is 9.78. The average Bonchev–Trinajstić information content (AvgIpc) is 3.26. The minimum atomic E-state index is -1.23. The van der Waals surface area contributed by atoms with Gasteiger partial charge in [0.15, 0.2) is 0 Å². The molecular weight excluding hydrogens is 374 g/mol. The highest BCUT2D eigenvalue weighted by Gasteiger charge is 2.48. The van der Waals surface area contributed by atoms with Crippen molar-refractivity contribution >= 4 is 11.8 Å². The van der Waals surface area contributed by atoms with E-state index in [-0.39, 0.29) is 36.1 Å². The van der Waals surface area contributed by atoms with Gasteiger partial charge in [-0.15, -0.1) is 0 Å². The van der Waals surface area contributed by atoms with Gasteiger partial charge in [0.1, 0.15) is 11.7 Å². The topological polar surface area (TPSA) is 100 Å². The number of aliphatic hydroxyl groups is 1. The van der Waals surface area contributed by atoms with Gasteiger partial charge < -0.3 is 30.1 Å². The highest BCUT2D eigenvalue weighted by atomic mass is 16.5. The third-order valence-corrected chi connectivity index (χ3v) is 6.96. The molecule has 0 aromatic rings. The van der Waals surface area contributed by atoms with Crippen LogP contribution in [0.15, 0.2) is 0 Å². The molecule has 0 aromatic heterocycles. The minimum absolute atomic E-state index is 0.0870. The summed E-state index contributed by atoms with van der Waals surface area (Å²) < 4.78 is 11.7. The molecule has 164 valence electrons. The van der Waals surface area contributed by atoms with Gasteiger partial charge >= 0.3 is 0 Å². The molecule has 3 saturated heterocycles. The fourth-order valence-corrected chi connectivity index (χ4v) is 4.93. The summed E-state index contributed by atoms with van der Waals surface area (Å²) in [6.45, 7) is 3.51. The maximum Gasteiger partial charge on any atom is 0.254 e. The summed E-state index contributed by atoms with van der Waals surface area (Å²) in [6, 6.07) is -0.420. The number of carbonyl (C=O) groups excluding carboxylic acids is 2. The molecule has 4 rings (SSSR count). The van der Waals surface area contributed by atoms with Crippen LogP contribution >= 0.6 is 0 Å². The van der Waals surface area contributed by atoms with E-state index < -0.39 is 5.60 Å². The fourth-order valence-electron chi connectivity index (χ4n) is 4.93. The molecule has 1 saturated carbocycles. The number of piperidine rings is 2. The van der Waals surface area contributed by atoms with Gasteiger partial charge in [-0.3, -0.25) is 9.59 Å². The van der Waals surface area contributed by atoms with Gasteiger partial charge in [0.25, 0.3) is 5.91 Å². The summed E-state index contributed by atoms with van der Waals surface area (Å²) in [5.41, 5.74) is -1.23. The van der Waals surface area contributed by atoms with E-state index in [1.807, 2.05) is 0 Å². The molecule has 4 fully saturated rings. The predicted octanol–water partition coefficient (Wildman–Crippen LogP) is 0.325. The molecule has 1 aliphatic carbocycles. The van der Waals surface area contributed by atoms with Crippen molar-refractivity contribution in [2.24, 2.45) is 0 Å². The molecule has 3 N–H and O–H groups in total. The Bertz CT molecular complexity index is 585. The number of hydrogen-bond acceptors (Lipinski definition) is 6. The first kappa shape index (κ1) is 21.0. The van der Waals surface area contributed by atoms with Crippen molar-refractivity contribution in [2.45, 2.75) is 87.7 Å². The van der Waals surface area contributed by atoms with Crippen LogP contribution in [0.25, 0.3) is 0 Å². The van der Waals surface area contributed by atoms with Crippen molar-refractivity contribution in [1.82, 2.24) is 15.5 Å². The lowest BCUT2D eigenvalue weighted by molar-refractivity contribution is -0.168. The smallest absolute Gasteiger partial charge is 0.254 e. The van der Waals surface area contributed by atoms with Crippen molar-refractivity contribution in [3.05, 3.63) is 0 Å². The molecule has 8 heteroatoms. The molecule has 4 aliphatic rings. The lowest BCUT2D eigenvalue weighted by Crippen LogP contribution is -2.64. The average molecular weight is 410 g/mol. The number of ether oxygens (including phenoxy) is 2. The first-order valence-corrected chi connectivity index (χ1v) is 11.3. The third kappa shape index (κ3) is 4.76. The Morgan fingerprint density at radius 2 is 1.93 bits per heavy atom. The molecule has 3 aliphatic heterocycles. The summed E-state index contributed by atoms with van der Waals surface area (Å²) >= 11 is 0. The number of carbonyl (C=O) groups is 2. The molecular formula is C21H35N3O5. The van der Waals surface area contributed by atoms with Crippen LogP contribution < -0.4 is 10.6 Å². The van der Waals surface area contributed by atoms with Crippen LogP contribution in [-0.4, -0.2) is 84.6 Å². The van der Waals surface area contributed by atoms with Gasteiger partial charge in [0, 0.05) is 13.2 Å². The number of nitrogens with zero attached hydrogens (tertiary/aromatic N) is 1. The first-order valence-electron chi connectivity index (χ1n) is 11.3. The highest BCUT2D eigenvalue weighted by molar-refractivity contribution is 5.86. The van der Waals surface area contributed by atoms with E-state index >= 15 is 0 Å². The van der Waals surface area contributed by atoms with Gasteiger partial charge in [-0.1, -0.05) is 0 Å². The summed E-state index contributed by atoms with van der Waals surface area (Å²) in [5, 5.41) is 17.1. The second-order valence-electron chi connectivity index (χ2n) is 8.99. The Morgan fingerprint density at radius 3 is 2.59 bits per heavy atom. The quantitative estimate of drug-likeness (QED) is 0.584. The molecule has 0 bridgehead atoms. The largest absolute Gasteiger partial charge is 0.380 e. The molecule has 3 atom stereocenters. The van der Waals surface area contributed by atoms with E-state index in [1.54, 1.807) is 4.90 Å². The Morgan fingerprint density at radius 1 is 1.14 bits per heavy atom. The van der Waals surface area contributed by atoms with E-state index in [0.29, 0.717) is 32.6 Å². The number of nitrogens with one attached hydrogen (secondary N) is 2. The fraction of sp³-hybridized carbons (Fsp3) is 0.905. The maximum atomic E-state index is 13.1. The van der Waals surface area contributed by atoms with Crippen molar-refractivity contribution < 1.29 is 24.2 Å². The SMILES string of the molecule is O=C(NC1CCCN(C(=O)C2(O)CCC2)C1COC1CCNCC1)[C@@H]1CCCO1. The van der Waals surface area contributed by atoms with Crippen molar-refractivity contribution in [3.8, 4) is 0 Å². The van der Waals surface area contributed by atoms with Crippen LogP contribution in [0.4, 0.5) is 0 Å². The van der Waals surface area contributed by atoms with E-state index in [4.69, 9.17) is 9.47 Å². The van der Waals surface area contributed by atoms with Gasteiger partial charge in [-0.25, -0.2) is 0 Å². The van der Waals surface area contributed by atoms with Gasteiger partial charge in [0.05, 0.1) is 24.8 Å². The first-order chi connectivity index (χ1) is 14.1. The Hall–Kier alpha value is -1.22. The second-order valence-corrected chi connectivity index (χ2v) is 8.99. The van der Waals surface area contributed by atoms with Gasteiger partial charge in [-0.05, 0) is 70.9 Å². The molecule has 29 heavy (non-hydrogen) atoms. The summed E-state index contributed by atoms with van der Waals surface area (Å²) in [4.78, 5) is 27.6. The molecule has 0 radical (unpaired) electrons. The van der Waals surface area contributed by atoms with E-state index in [0.717, 1.165) is 58.0 Å². The van der Waals surface area contributed by atoms with Crippen molar-refractivity contribution in [2.75, 3.05) is 32.8 Å². The summed E-state index contributed by atoms with van der Waals surface area (Å²) in [6.07, 6.45) is 6.90. The number of likely N-dealkylation sites (tertiary alicyclic amines) is 1. The number of hydrogen-bond donors (Lipinski definition) is 3. The molecule has 2 unspecified atom stereocenters. The van der Waals surface area contributed by atoms with Crippen molar-refractivity contribution in [3.63, 3.8) is 0 Å². The maximum absolute atomic E-state index is 13.1. The highest BCUT2D eigenvalue weighted by Crippen LogP contribution is 2.35. The standard InChI is InChI=1S/C21H35N3O5/c25-19(18-5-2-13-28-18)23-16-4-1-12-24(20(26)21(27)8-3-9-21)17(16)14-29-15-6-10-22-11-7-15/h15-18,22,27H,1-14H2,(H,23,25)/t16?,17?,18-/m0/s1. The molecule has 3 heterocycles. The van der Waals surface area contributed by atoms with Crippen LogP contribution in [0.1, 0.15) is 57.8 Å². The van der Waals surface area contributed by atoms with Crippen LogP contribution in [0.3, 0.4) is 0 Å². The second kappa shape index (κ2) is 9.29. The van der Waals surface area contributed by atoms with Crippen LogP contribution in [-0.2, 0) is 19.1 Å². The molecule has 8 nitrogen and oxygen atoms in total. The Balaban J connectivity index is 1.44. The zero-order chi connectivity index (χ0) is 20.3. The van der Waals surface area contributed by atoms with Gasteiger partial charge in [0.2, 0.25) is 5.91 Å². The zero-order valence-corrected chi connectivity index (χ0v) is 17.2. The monoisotopic (exact) mass is 409 g/mol. The van der Waals surface area contributed by atoms with E-state index in [1.165, 1.54) is 0 Å². The lowest BCUT2D eigenvalue weighted by Gasteiger charge is -2.47. The molecule has 0 spiro atoms. The minimum Gasteiger partial charge on any atom is -0.380 e. The summed E-state index contributed by atoms with van der Waals surface area (Å²) in [5.74, 6) is -0.283. The Labute approximate surface area is 172 Å². The molecule has 0 aromatic carbocycles.